The highest BCUT2D eigenvalue weighted by Crippen LogP contribution is 2.40. The Kier molecular flexibility index (Phi) is 5.61. The van der Waals surface area contributed by atoms with Crippen LogP contribution >= 0.6 is 0 Å². The van der Waals surface area contributed by atoms with Gasteiger partial charge in [0.15, 0.2) is 17.1 Å². The molecule has 0 radical (unpaired) electrons. The molecule has 1 N–H and O–H groups in total. The van der Waals surface area contributed by atoms with Crippen LogP contribution in [0, 0.1) is 13.8 Å². The molecule has 198 valence electrons. The van der Waals surface area contributed by atoms with Crippen LogP contribution in [0.4, 0.5) is 0 Å². The summed E-state index contributed by atoms with van der Waals surface area (Å²) in [5.41, 5.74) is 5.42. The molecule has 12 heteroatoms. The molecule has 1 saturated carbocycles. The van der Waals surface area contributed by atoms with Crippen molar-refractivity contribution in [3.05, 3.63) is 54.1 Å². The zero-order valence-electron chi connectivity index (χ0n) is 21.9. The Morgan fingerprint density at radius 1 is 0.850 bits per heavy atom. The number of carboxylic acid groups (broad SMARTS) is 1. The Labute approximate surface area is 227 Å². The van der Waals surface area contributed by atoms with Gasteiger partial charge in [-0.25, -0.2) is 49.7 Å². The summed E-state index contributed by atoms with van der Waals surface area (Å²) in [5, 5.41) is 10.3. The first-order valence-corrected chi connectivity index (χ1v) is 13.2. The molecule has 7 rings (SSSR count). The third-order valence-corrected chi connectivity index (χ3v) is 7.46. The number of aromatic nitrogens is 10. The number of aromatic carboxylic acids is 1. The van der Waals surface area contributed by atoms with Gasteiger partial charge in [-0.05, 0) is 38.3 Å². The quantitative estimate of drug-likeness (QED) is 0.336. The average Bonchev–Trinajstić information content (AvgIpc) is 3.35. The van der Waals surface area contributed by atoms with Crippen molar-refractivity contribution < 1.29 is 9.90 Å². The van der Waals surface area contributed by atoms with E-state index in [4.69, 9.17) is 15.0 Å². The van der Waals surface area contributed by atoms with Gasteiger partial charge in [-0.15, -0.1) is 0 Å². The van der Waals surface area contributed by atoms with E-state index < -0.39 is 5.97 Å². The maximum Gasteiger partial charge on any atom is 0.336 e. The monoisotopic (exact) mass is 532 g/mol. The summed E-state index contributed by atoms with van der Waals surface area (Å²) >= 11 is 0. The summed E-state index contributed by atoms with van der Waals surface area (Å²) < 4.78 is 2.21. The second kappa shape index (κ2) is 9.33. The summed E-state index contributed by atoms with van der Waals surface area (Å²) in [5.74, 6) is 0.178. The van der Waals surface area contributed by atoms with Crippen LogP contribution in [0.15, 0.2) is 37.2 Å². The molecule has 0 bridgehead atoms. The van der Waals surface area contributed by atoms with E-state index in [0.29, 0.717) is 62.0 Å². The van der Waals surface area contributed by atoms with Crippen LogP contribution in [0.3, 0.4) is 0 Å². The van der Waals surface area contributed by atoms with Crippen LogP contribution in [-0.2, 0) is 0 Å². The Balaban J connectivity index is 1.55. The zero-order valence-corrected chi connectivity index (χ0v) is 21.9. The lowest BCUT2D eigenvalue weighted by Gasteiger charge is -2.25. The van der Waals surface area contributed by atoms with Gasteiger partial charge in [-0.1, -0.05) is 19.3 Å². The van der Waals surface area contributed by atoms with Gasteiger partial charge in [0.25, 0.3) is 0 Å². The highest BCUT2D eigenvalue weighted by Gasteiger charge is 2.29. The highest BCUT2D eigenvalue weighted by atomic mass is 16.4. The van der Waals surface area contributed by atoms with Gasteiger partial charge < -0.3 is 9.67 Å². The molecule has 0 unspecified atom stereocenters. The van der Waals surface area contributed by atoms with Gasteiger partial charge in [0.05, 0.1) is 47.1 Å². The summed E-state index contributed by atoms with van der Waals surface area (Å²) in [6, 6.07) is 2.09. The average molecular weight is 533 g/mol. The minimum absolute atomic E-state index is 0.131. The third kappa shape index (κ3) is 3.91. The van der Waals surface area contributed by atoms with Crippen LogP contribution in [0.1, 0.15) is 59.9 Å². The molecule has 5 aromatic heterocycles. The Hall–Kier alpha value is -5.00. The zero-order chi connectivity index (χ0) is 27.4. The number of fused-ring (bicyclic) bond motifs is 3. The Bertz CT molecular complexity index is 1960. The predicted octanol–water partition coefficient (Wildman–Crippen LogP) is 4.66. The van der Waals surface area contributed by atoms with Crippen molar-refractivity contribution in [1.82, 2.24) is 49.4 Å². The summed E-state index contributed by atoms with van der Waals surface area (Å²) in [4.78, 5) is 53.1. The minimum Gasteiger partial charge on any atom is -0.478 e. The van der Waals surface area contributed by atoms with Crippen LogP contribution < -0.4 is 0 Å². The first-order chi connectivity index (χ1) is 19.5. The number of carboxylic acids is 1. The molecular weight excluding hydrogens is 508 g/mol. The molecule has 1 aliphatic carbocycles. The molecular formula is C28H24N10O2. The summed E-state index contributed by atoms with van der Waals surface area (Å²) in [6.07, 6.45) is 13.2. The van der Waals surface area contributed by atoms with E-state index in [2.05, 4.69) is 34.5 Å². The molecule has 0 atom stereocenters. The van der Waals surface area contributed by atoms with Gasteiger partial charge in [-0.2, -0.15) is 0 Å². The molecule has 0 saturated heterocycles. The van der Waals surface area contributed by atoms with Gasteiger partial charge in [-0.3, -0.25) is 0 Å². The lowest BCUT2D eigenvalue weighted by Crippen LogP contribution is -2.14. The fourth-order valence-electron chi connectivity index (χ4n) is 5.68. The highest BCUT2D eigenvalue weighted by molar-refractivity contribution is 6.07. The maximum atomic E-state index is 12.6. The third-order valence-electron chi connectivity index (χ3n) is 7.46. The van der Waals surface area contributed by atoms with Gasteiger partial charge in [0.2, 0.25) is 0 Å². The normalized spacial score (nSPS) is 14.3. The summed E-state index contributed by atoms with van der Waals surface area (Å²) in [7, 11) is 0. The minimum atomic E-state index is -1.06. The molecule has 12 nitrogen and oxygen atoms in total. The standard InChI is InChI=1S/C28H24N10O2/c1-14-8-21-24(23(22(14)28(39)40)17-10-31-25-18(35-17)9-29-13-33-25)37-27(38(21)16-6-4-3-5-7-16)20-12-32-26-19(36-20)11-30-15(2)34-26/h8-13,16H,3-7H2,1-2H3,(H,39,40). The SMILES string of the molecule is Cc1ncc2nc(-c3nc4c(-c5cnc6ncncc6n5)c(C(=O)O)c(C)cc4n3C3CCCCC3)cnc2n1. The molecule has 0 amide bonds. The molecule has 1 aromatic carbocycles. The molecule has 1 fully saturated rings. The van der Waals surface area contributed by atoms with Gasteiger partial charge >= 0.3 is 5.97 Å². The first kappa shape index (κ1) is 24.1. The number of carbonyl (C=O) groups is 1. The van der Waals surface area contributed by atoms with Crippen molar-refractivity contribution in [3.63, 3.8) is 0 Å². The second-order valence-electron chi connectivity index (χ2n) is 10.1. The van der Waals surface area contributed by atoms with Gasteiger partial charge in [0, 0.05) is 11.6 Å². The number of hydrogen-bond donors (Lipinski definition) is 1. The second-order valence-corrected chi connectivity index (χ2v) is 10.1. The molecule has 0 spiro atoms. The molecule has 6 aromatic rings. The Morgan fingerprint density at radius 3 is 2.42 bits per heavy atom. The van der Waals surface area contributed by atoms with E-state index in [9.17, 15) is 9.90 Å². The number of benzene rings is 1. The smallest absolute Gasteiger partial charge is 0.336 e. The van der Waals surface area contributed by atoms with Crippen LogP contribution in [0.25, 0.3) is 56.1 Å². The fraction of sp³-hybridized carbons (Fsp3) is 0.286. The predicted molar refractivity (Wildman–Crippen MR) is 147 cm³/mol. The van der Waals surface area contributed by atoms with Crippen molar-refractivity contribution in [2.45, 2.75) is 52.0 Å². The van der Waals surface area contributed by atoms with Gasteiger partial charge in [0.1, 0.15) is 28.9 Å². The fourth-order valence-corrected chi connectivity index (χ4v) is 5.68. The van der Waals surface area contributed by atoms with E-state index in [0.717, 1.165) is 31.2 Å². The largest absolute Gasteiger partial charge is 0.478 e. The lowest BCUT2D eigenvalue weighted by molar-refractivity contribution is 0.0697. The van der Waals surface area contributed by atoms with Crippen molar-refractivity contribution in [2.24, 2.45) is 0 Å². The number of rotatable bonds is 4. The van der Waals surface area contributed by atoms with E-state index in [-0.39, 0.29) is 11.6 Å². The summed E-state index contributed by atoms with van der Waals surface area (Å²) in [6.45, 7) is 3.61. The number of hydrogen-bond acceptors (Lipinski definition) is 10. The topological polar surface area (TPSA) is 158 Å². The van der Waals surface area contributed by atoms with E-state index in [1.54, 1.807) is 31.7 Å². The van der Waals surface area contributed by atoms with Crippen molar-refractivity contribution in [2.75, 3.05) is 0 Å². The molecule has 40 heavy (non-hydrogen) atoms. The lowest BCUT2D eigenvalue weighted by atomic mass is 9.94. The van der Waals surface area contributed by atoms with Crippen molar-refractivity contribution in [1.29, 1.82) is 0 Å². The number of aryl methyl sites for hydroxylation is 2. The number of imidazole rings is 1. The number of nitrogens with zero attached hydrogens (tertiary/aromatic N) is 10. The van der Waals surface area contributed by atoms with Crippen molar-refractivity contribution >= 4 is 39.3 Å². The molecule has 5 heterocycles. The maximum absolute atomic E-state index is 12.6. The van der Waals surface area contributed by atoms with Crippen molar-refractivity contribution in [3.8, 4) is 22.8 Å². The first-order valence-electron chi connectivity index (χ1n) is 13.2. The van der Waals surface area contributed by atoms with Crippen LogP contribution in [0.2, 0.25) is 0 Å². The Morgan fingerprint density at radius 2 is 1.60 bits per heavy atom. The van der Waals surface area contributed by atoms with E-state index in [1.165, 1.54) is 12.7 Å². The van der Waals surface area contributed by atoms with Crippen LogP contribution in [0.5, 0.6) is 0 Å². The van der Waals surface area contributed by atoms with E-state index in [1.807, 2.05) is 13.0 Å². The molecule has 1 aliphatic rings. The van der Waals surface area contributed by atoms with Crippen LogP contribution in [-0.4, -0.2) is 60.5 Å². The molecule has 0 aliphatic heterocycles. The van der Waals surface area contributed by atoms with E-state index >= 15 is 0 Å².